The summed E-state index contributed by atoms with van der Waals surface area (Å²) < 4.78 is 15.7. The molecule has 1 N–H and O–H groups in total. The normalized spacial score (nSPS) is 10.3. The maximum Gasteiger partial charge on any atom is 0.335 e. The van der Waals surface area contributed by atoms with Gasteiger partial charge >= 0.3 is 5.97 Å². The predicted molar refractivity (Wildman–Crippen MR) is 101 cm³/mol. The third kappa shape index (κ3) is 5.21. The van der Waals surface area contributed by atoms with Crippen LogP contribution in [0.15, 0.2) is 42.5 Å². The van der Waals surface area contributed by atoms with E-state index in [0.29, 0.717) is 35.9 Å². The van der Waals surface area contributed by atoms with Gasteiger partial charge in [0.15, 0.2) is 11.5 Å². The number of methoxy groups -OCH3 is 3. The molecule has 0 radical (unpaired) electrons. The van der Waals surface area contributed by atoms with E-state index in [1.54, 1.807) is 49.5 Å². The summed E-state index contributed by atoms with van der Waals surface area (Å²) in [4.78, 5) is 25.6. The maximum absolute atomic E-state index is 12.9. The molecule has 0 aromatic heterocycles. The van der Waals surface area contributed by atoms with Crippen molar-refractivity contribution < 1.29 is 28.9 Å². The SMILES string of the molecule is COCCN(C(=O)Cc1cccc(C(=O)O)c1)c1ccc(OC)c(OC)c1. The fraction of sp³-hybridized carbons (Fsp3) is 0.300. The van der Waals surface area contributed by atoms with Gasteiger partial charge in [-0.25, -0.2) is 4.79 Å². The van der Waals surface area contributed by atoms with E-state index < -0.39 is 5.97 Å². The maximum atomic E-state index is 12.9. The van der Waals surface area contributed by atoms with Gasteiger partial charge in [-0.1, -0.05) is 12.1 Å². The Balaban J connectivity index is 2.28. The largest absolute Gasteiger partial charge is 0.493 e. The van der Waals surface area contributed by atoms with Gasteiger partial charge in [-0.15, -0.1) is 0 Å². The number of hydrogen-bond acceptors (Lipinski definition) is 5. The fourth-order valence-electron chi connectivity index (χ4n) is 2.66. The first-order valence-electron chi connectivity index (χ1n) is 8.33. The van der Waals surface area contributed by atoms with Gasteiger partial charge in [-0.3, -0.25) is 4.79 Å². The first kappa shape index (κ1) is 20.3. The Kier molecular flexibility index (Phi) is 7.19. The van der Waals surface area contributed by atoms with Crippen molar-refractivity contribution in [3.63, 3.8) is 0 Å². The molecule has 0 unspecified atom stereocenters. The average molecular weight is 373 g/mol. The van der Waals surface area contributed by atoms with E-state index in [9.17, 15) is 9.59 Å². The molecule has 0 atom stereocenters. The third-order valence-electron chi connectivity index (χ3n) is 4.03. The number of nitrogens with zero attached hydrogens (tertiary/aromatic N) is 1. The fourth-order valence-corrected chi connectivity index (χ4v) is 2.66. The van der Waals surface area contributed by atoms with E-state index in [1.807, 2.05) is 0 Å². The second-order valence-electron chi connectivity index (χ2n) is 5.76. The lowest BCUT2D eigenvalue weighted by Gasteiger charge is -2.24. The Morgan fingerprint density at radius 3 is 2.37 bits per heavy atom. The molecule has 0 saturated carbocycles. The molecular weight excluding hydrogens is 350 g/mol. The highest BCUT2D eigenvalue weighted by Crippen LogP contribution is 2.31. The summed E-state index contributed by atoms with van der Waals surface area (Å²) in [5, 5.41) is 9.12. The average Bonchev–Trinajstić information content (AvgIpc) is 2.68. The van der Waals surface area contributed by atoms with Crippen LogP contribution in [0.2, 0.25) is 0 Å². The Hall–Kier alpha value is -3.06. The van der Waals surface area contributed by atoms with Crippen molar-refractivity contribution in [2.75, 3.05) is 39.4 Å². The summed E-state index contributed by atoms with van der Waals surface area (Å²) in [5.74, 6) is -0.130. The zero-order chi connectivity index (χ0) is 19.8. The lowest BCUT2D eigenvalue weighted by molar-refractivity contribution is -0.118. The van der Waals surface area contributed by atoms with Gasteiger partial charge < -0.3 is 24.2 Å². The van der Waals surface area contributed by atoms with Crippen LogP contribution in [0.4, 0.5) is 5.69 Å². The van der Waals surface area contributed by atoms with Crippen LogP contribution in [0, 0.1) is 0 Å². The van der Waals surface area contributed by atoms with E-state index in [0.717, 1.165) is 0 Å². The number of carboxylic acids is 1. The Bertz CT molecular complexity index is 805. The van der Waals surface area contributed by atoms with Crippen molar-refractivity contribution in [1.29, 1.82) is 0 Å². The lowest BCUT2D eigenvalue weighted by atomic mass is 10.1. The number of amides is 1. The van der Waals surface area contributed by atoms with Crippen LogP contribution in [-0.4, -0.2) is 51.5 Å². The topological polar surface area (TPSA) is 85.3 Å². The molecule has 1 amide bonds. The minimum Gasteiger partial charge on any atom is -0.493 e. The predicted octanol–water partition coefficient (Wildman–Crippen LogP) is 2.62. The van der Waals surface area contributed by atoms with E-state index in [1.165, 1.54) is 19.2 Å². The van der Waals surface area contributed by atoms with Crippen LogP contribution >= 0.6 is 0 Å². The van der Waals surface area contributed by atoms with Gasteiger partial charge in [0, 0.05) is 25.4 Å². The molecule has 2 rings (SSSR count). The minimum atomic E-state index is -1.03. The van der Waals surface area contributed by atoms with E-state index in [4.69, 9.17) is 19.3 Å². The molecule has 7 heteroatoms. The molecule has 0 saturated heterocycles. The molecule has 0 spiro atoms. The van der Waals surface area contributed by atoms with Crippen LogP contribution in [0.5, 0.6) is 11.5 Å². The molecule has 0 heterocycles. The molecule has 2 aromatic carbocycles. The summed E-state index contributed by atoms with van der Waals surface area (Å²) in [6, 6.07) is 11.6. The highest BCUT2D eigenvalue weighted by Gasteiger charge is 2.18. The van der Waals surface area contributed by atoms with Crippen LogP contribution in [0.25, 0.3) is 0 Å². The number of aromatic carboxylic acids is 1. The standard InChI is InChI=1S/C20H23NO6/c1-25-10-9-21(16-7-8-17(26-2)18(13-16)27-3)19(22)12-14-5-4-6-15(11-14)20(23)24/h4-8,11,13H,9-10,12H2,1-3H3,(H,23,24). The monoisotopic (exact) mass is 373 g/mol. The first-order chi connectivity index (χ1) is 13.0. The molecule has 0 fully saturated rings. The number of hydrogen-bond donors (Lipinski definition) is 1. The molecule has 27 heavy (non-hydrogen) atoms. The summed E-state index contributed by atoms with van der Waals surface area (Å²) in [6.45, 7) is 0.707. The van der Waals surface area contributed by atoms with Gasteiger partial charge in [0.2, 0.25) is 5.91 Å². The van der Waals surface area contributed by atoms with Gasteiger partial charge in [-0.05, 0) is 29.8 Å². The Morgan fingerprint density at radius 1 is 1.00 bits per heavy atom. The highest BCUT2D eigenvalue weighted by molar-refractivity contribution is 5.95. The molecule has 0 bridgehead atoms. The summed E-state index contributed by atoms with van der Waals surface area (Å²) in [5.41, 5.74) is 1.42. The van der Waals surface area contributed by atoms with Crippen LogP contribution in [0.3, 0.4) is 0 Å². The smallest absolute Gasteiger partial charge is 0.335 e. The number of anilines is 1. The number of rotatable bonds is 9. The van der Waals surface area contributed by atoms with Gasteiger partial charge in [0.25, 0.3) is 0 Å². The van der Waals surface area contributed by atoms with Crippen molar-refractivity contribution in [3.8, 4) is 11.5 Å². The lowest BCUT2D eigenvalue weighted by Crippen LogP contribution is -2.35. The van der Waals surface area contributed by atoms with E-state index >= 15 is 0 Å². The van der Waals surface area contributed by atoms with E-state index in [-0.39, 0.29) is 17.9 Å². The summed E-state index contributed by atoms with van der Waals surface area (Å²) >= 11 is 0. The van der Waals surface area contributed by atoms with Crippen LogP contribution in [0.1, 0.15) is 15.9 Å². The minimum absolute atomic E-state index is 0.0686. The summed E-state index contributed by atoms with van der Waals surface area (Å²) in [6.07, 6.45) is 0.0686. The number of carbonyl (C=O) groups is 2. The van der Waals surface area contributed by atoms with Crippen molar-refractivity contribution in [3.05, 3.63) is 53.6 Å². The molecule has 0 aliphatic rings. The number of carboxylic acid groups (broad SMARTS) is 1. The number of benzene rings is 2. The zero-order valence-electron chi connectivity index (χ0n) is 15.6. The Labute approximate surface area is 158 Å². The first-order valence-corrected chi connectivity index (χ1v) is 8.33. The number of carbonyl (C=O) groups excluding carboxylic acids is 1. The van der Waals surface area contributed by atoms with Crippen molar-refractivity contribution in [2.45, 2.75) is 6.42 Å². The molecule has 0 aliphatic carbocycles. The quantitative estimate of drug-likeness (QED) is 0.727. The van der Waals surface area contributed by atoms with Crippen LogP contribution in [-0.2, 0) is 16.0 Å². The van der Waals surface area contributed by atoms with Gasteiger partial charge in [-0.2, -0.15) is 0 Å². The van der Waals surface area contributed by atoms with Crippen molar-refractivity contribution in [2.24, 2.45) is 0 Å². The van der Waals surface area contributed by atoms with E-state index in [2.05, 4.69) is 0 Å². The highest BCUT2D eigenvalue weighted by atomic mass is 16.5. The summed E-state index contributed by atoms with van der Waals surface area (Å²) in [7, 11) is 4.63. The Morgan fingerprint density at radius 2 is 1.74 bits per heavy atom. The van der Waals surface area contributed by atoms with Gasteiger partial charge in [0.05, 0.1) is 32.8 Å². The molecule has 7 nitrogen and oxygen atoms in total. The van der Waals surface area contributed by atoms with Crippen LogP contribution < -0.4 is 14.4 Å². The molecule has 2 aromatic rings. The molecule has 144 valence electrons. The second-order valence-corrected chi connectivity index (χ2v) is 5.76. The third-order valence-corrected chi connectivity index (χ3v) is 4.03. The molecule has 0 aliphatic heterocycles. The van der Waals surface area contributed by atoms with Crippen molar-refractivity contribution >= 4 is 17.6 Å². The zero-order valence-corrected chi connectivity index (χ0v) is 15.6. The van der Waals surface area contributed by atoms with Gasteiger partial charge in [0.1, 0.15) is 0 Å². The second kappa shape index (κ2) is 9.59. The number of ether oxygens (including phenoxy) is 3. The molecular formula is C20H23NO6. The van der Waals surface area contributed by atoms with Crippen molar-refractivity contribution in [1.82, 2.24) is 0 Å².